The van der Waals surface area contributed by atoms with Crippen LogP contribution in [0.3, 0.4) is 0 Å². The summed E-state index contributed by atoms with van der Waals surface area (Å²) >= 11 is 0. The van der Waals surface area contributed by atoms with Crippen LogP contribution in [-0.2, 0) is 4.79 Å². The molecular weight excluding hydrogens is 154 g/mol. The van der Waals surface area contributed by atoms with E-state index in [1.165, 1.54) is 0 Å². The zero-order valence-corrected chi connectivity index (χ0v) is 7.18. The second-order valence-corrected chi connectivity index (χ2v) is 4.02. The van der Waals surface area contributed by atoms with Crippen molar-refractivity contribution in [2.45, 2.75) is 37.7 Å². The molecule has 0 aromatic heterocycles. The Bertz CT molecular complexity index is 197. The molecule has 0 bridgehead atoms. The summed E-state index contributed by atoms with van der Waals surface area (Å²) in [7, 11) is 0. The monoisotopic (exact) mass is 169 g/mol. The van der Waals surface area contributed by atoms with Gasteiger partial charge in [0.15, 0.2) is 0 Å². The van der Waals surface area contributed by atoms with Gasteiger partial charge in [0.1, 0.15) is 0 Å². The minimum Gasteiger partial charge on any atom is -0.390 e. The van der Waals surface area contributed by atoms with Gasteiger partial charge >= 0.3 is 0 Å². The fourth-order valence-corrected chi connectivity index (χ4v) is 2.38. The Morgan fingerprint density at radius 2 is 2.08 bits per heavy atom. The zero-order valence-electron chi connectivity index (χ0n) is 7.18. The molecule has 1 saturated heterocycles. The summed E-state index contributed by atoms with van der Waals surface area (Å²) in [5.41, 5.74) is -0.529. The molecule has 0 radical (unpaired) electrons. The minimum atomic E-state index is -0.529. The van der Waals surface area contributed by atoms with E-state index in [1.54, 1.807) is 0 Å². The van der Waals surface area contributed by atoms with Crippen LogP contribution in [0.2, 0.25) is 0 Å². The van der Waals surface area contributed by atoms with Crippen molar-refractivity contribution >= 4 is 5.91 Å². The smallest absolute Gasteiger partial charge is 0.220 e. The molecule has 2 rings (SSSR count). The molecule has 1 aliphatic heterocycles. The van der Waals surface area contributed by atoms with Gasteiger partial charge in [0.25, 0.3) is 0 Å². The van der Waals surface area contributed by atoms with Gasteiger partial charge in [-0.05, 0) is 12.8 Å². The number of hydrogen-bond donors (Lipinski definition) is 2. The number of nitrogens with one attached hydrogen (secondary N) is 1. The van der Waals surface area contributed by atoms with Gasteiger partial charge in [0, 0.05) is 18.9 Å². The number of aliphatic hydroxyl groups is 1. The Labute approximate surface area is 72.2 Å². The van der Waals surface area contributed by atoms with Crippen molar-refractivity contribution in [2.75, 3.05) is 6.54 Å². The van der Waals surface area contributed by atoms with Crippen LogP contribution in [0.25, 0.3) is 0 Å². The first-order valence-electron chi connectivity index (χ1n) is 4.70. The molecule has 1 heterocycles. The Morgan fingerprint density at radius 1 is 1.42 bits per heavy atom. The Morgan fingerprint density at radius 3 is 2.58 bits per heavy atom. The average Bonchev–Trinajstić information content (AvgIpc) is 2.59. The predicted octanol–water partition coefficient (Wildman–Crippen LogP) is 0.428. The van der Waals surface area contributed by atoms with Gasteiger partial charge in [-0.1, -0.05) is 12.8 Å². The number of hydrogen-bond acceptors (Lipinski definition) is 2. The lowest BCUT2D eigenvalue weighted by atomic mass is 9.85. The Kier molecular flexibility index (Phi) is 1.83. The van der Waals surface area contributed by atoms with E-state index in [4.69, 9.17) is 0 Å². The van der Waals surface area contributed by atoms with Crippen molar-refractivity contribution < 1.29 is 9.90 Å². The summed E-state index contributed by atoms with van der Waals surface area (Å²) in [4.78, 5) is 10.9. The summed E-state index contributed by atoms with van der Waals surface area (Å²) in [6, 6.07) is 0. The largest absolute Gasteiger partial charge is 0.390 e. The maximum absolute atomic E-state index is 10.9. The van der Waals surface area contributed by atoms with E-state index in [0.717, 1.165) is 25.7 Å². The van der Waals surface area contributed by atoms with Crippen LogP contribution < -0.4 is 5.32 Å². The highest BCUT2D eigenvalue weighted by Gasteiger charge is 2.42. The molecule has 2 fully saturated rings. The fourth-order valence-electron chi connectivity index (χ4n) is 2.38. The van der Waals surface area contributed by atoms with Crippen molar-refractivity contribution in [3.8, 4) is 0 Å². The second-order valence-electron chi connectivity index (χ2n) is 4.02. The molecule has 12 heavy (non-hydrogen) atoms. The summed E-state index contributed by atoms with van der Waals surface area (Å²) in [6.45, 7) is 0.676. The summed E-state index contributed by atoms with van der Waals surface area (Å²) in [5.74, 6) is 0.271. The minimum absolute atomic E-state index is 0.0975. The molecule has 1 atom stereocenters. The van der Waals surface area contributed by atoms with Gasteiger partial charge in [0.05, 0.1) is 5.60 Å². The maximum Gasteiger partial charge on any atom is 0.220 e. The lowest BCUT2D eigenvalue weighted by molar-refractivity contribution is -0.120. The van der Waals surface area contributed by atoms with Crippen LogP contribution in [0.4, 0.5) is 0 Å². The molecule has 1 saturated carbocycles. The van der Waals surface area contributed by atoms with E-state index in [0.29, 0.717) is 13.0 Å². The molecule has 2 aliphatic rings. The van der Waals surface area contributed by atoms with Crippen LogP contribution in [0.15, 0.2) is 0 Å². The average molecular weight is 169 g/mol. The van der Waals surface area contributed by atoms with Crippen molar-refractivity contribution in [3.05, 3.63) is 0 Å². The van der Waals surface area contributed by atoms with Crippen molar-refractivity contribution in [1.29, 1.82) is 0 Å². The molecule has 0 aromatic rings. The Balaban J connectivity index is 2.03. The van der Waals surface area contributed by atoms with Crippen LogP contribution in [0.5, 0.6) is 0 Å². The normalized spacial score (nSPS) is 33.8. The first-order valence-corrected chi connectivity index (χ1v) is 4.70. The lowest BCUT2D eigenvalue weighted by Gasteiger charge is -2.27. The highest BCUT2D eigenvalue weighted by Crippen LogP contribution is 2.38. The first-order chi connectivity index (χ1) is 5.71. The van der Waals surface area contributed by atoms with Gasteiger partial charge in [0.2, 0.25) is 5.91 Å². The second kappa shape index (κ2) is 2.73. The summed E-state index contributed by atoms with van der Waals surface area (Å²) in [5, 5.41) is 12.9. The highest BCUT2D eigenvalue weighted by atomic mass is 16.3. The molecule has 3 nitrogen and oxygen atoms in total. The number of rotatable bonds is 1. The number of amides is 1. The van der Waals surface area contributed by atoms with Crippen molar-refractivity contribution in [1.82, 2.24) is 5.32 Å². The topological polar surface area (TPSA) is 49.3 Å². The third-order valence-corrected chi connectivity index (χ3v) is 3.21. The molecule has 3 heteroatoms. The third kappa shape index (κ3) is 1.22. The van der Waals surface area contributed by atoms with Crippen LogP contribution in [-0.4, -0.2) is 23.2 Å². The molecule has 0 aromatic carbocycles. The third-order valence-electron chi connectivity index (χ3n) is 3.21. The van der Waals surface area contributed by atoms with Crippen LogP contribution in [0.1, 0.15) is 32.1 Å². The van der Waals surface area contributed by atoms with E-state index >= 15 is 0 Å². The van der Waals surface area contributed by atoms with E-state index in [2.05, 4.69) is 5.32 Å². The molecular formula is C9H15NO2. The summed E-state index contributed by atoms with van der Waals surface area (Å²) in [6.07, 6.45) is 4.51. The highest BCUT2D eigenvalue weighted by molar-refractivity contribution is 5.78. The van der Waals surface area contributed by atoms with Crippen molar-refractivity contribution in [3.63, 3.8) is 0 Å². The lowest BCUT2D eigenvalue weighted by Crippen LogP contribution is -2.35. The predicted molar refractivity (Wildman–Crippen MR) is 44.5 cm³/mol. The maximum atomic E-state index is 10.9. The molecule has 1 unspecified atom stereocenters. The SMILES string of the molecule is O=C1CC(C2(O)CCCC2)CN1. The van der Waals surface area contributed by atoms with Gasteiger partial charge in [-0.2, -0.15) is 0 Å². The van der Waals surface area contributed by atoms with Crippen molar-refractivity contribution in [2.24, 2.45) is 5.92 Å². The molecule has 68 valence electrons. The standard InChI is InChI=1S/C9H15NO2/c11-8-5-7(6-10-8)9(12)3-1-2-4-9/h7,12H,1-6H2,(H,10,11). The van der Waals surface area contributed by atoms with Crippen LogP contribution in [0, 0.1) is 5.92 Å². The van der Waals surface area contributed by atoms with E-state index in [-0.39, 0.29) is 11.8 Å². The van der Waals surface area contributed by atoms with Gasteiger partial charge in [-0.3, -0.25) is 4.79 Å². The molecule has 1 amide bonds. The van der Waals surface area contributed by atoms with Crippen LogP contribution >= 0.6 is 0 Å². The van der Waals surface area contributed by atoms with Gasteiger partial charge < -0.3 is 10.4 Å². The number of carbonyl (C=O) groups excluding carboxylic acids is 1. The Hall–Kier alpha value is -0.570. The molecule has 2 N–H and O–H groups in total. The summed E-state index contributed by atoms with van der Waals surface area (Å²) < 4.78 is 0. The van der Waals surface area contributed by atoms with E-state index < -0.39 is 5.60 Å². The quantitative estimate of drug-likeness (QED) is 0.598. The van der Waals surface area contributed by atoms with Gasteiger partial charge in [-0.15, -0.1) is 0 Å². The van der Waals surface area contributed by atoms with E-state index in [1.807, 2.05) is 0 Å². The van der Waals surface area contributed by atoms with E-state index in [9.17, 15) is 9.90 Å². The molecule has 0 spiro atoms. The zero-order chi connectivity index (χ0) is 8.60. The fraction of sp³-hybridized carbons (Fsp3) is 0.889. The first kappa shape index (κ1) is 8.05. The van der Waals surface area contributed by atoms with Gasteiger partial charge in [-0.25, -0.2) is 0 Å². The number of carbonyl (C=O) groups is 1. The molecule has 1 aliphatic carbocycles.